The second-order valence-corrected chi connectivity index (χ2v) is 10.2. The number of piperidine rings is 1. The number of hydrogen-bond donors (Lipinski definition) is 1. The van der Waals surface area contributed by atoms with Crippen molar-refractivity contribution in [2.75, 3.05) is 25.0 Å². The van der Waals surface area contributed by atoms with Gasteiger partial charge in [-0.25, -0.2) is 4.98 Å². The van der Waals surface area contributed by atoms with Gasteiger partial charge in [0.2, 0.25) is 5.91 Å². The van der Waals surface area contributed by atoms with Crippen LogP contribution in [0.5, 0.6) is 0 Å². The lowest BCUT2D eigenvalue weighted by molar-refractivity contribution is -0.114. The highest BCUT2D eigenvalue weighted by Gasteiger charge is 2.54. The van der Waals surface area contributed by atoms with Crippen molar-refractivity contribution in [3.8, 4) is 0 Å². The number of aromatic nitrogens is 1. The second-order valence-electron chi connectivity index (χ2n) is 9.16. The Labute approximate surface area is 169 Å². The minimum atomic E-state index is -0.0523. The number of ether oxygens (including phenoxy) is 1. The number of carbonyl (C=O) groups is 1. The van der Waals surface area contributed by atoms with Crippen LogP contribution in [0.3, 0.4) is 0 Å². The van der Waals surface area contributed by atoms with Crippen LogP contribution in [0.25, 0.3) is 10.2 Å². The van der Waals surface area contributed by atoms with Gasteiger partial charge in [-0.05, 0) is 61.4 Å². The van der Waals surface area contributed by atoms with Crippen LogP contribution in [0.2, 0.25) is 0 Å². The molecule has 2 aliphatic carbocycles. The number of fused-ring (bicyclic) bond motifs is 2. The van der Waals surface area contributed by atoms with Gasteiger partial charge >= 0.3 is 0 Å². The molecule has 1 aromatic carbocycles. The van der Waals surface area contributed by atoms with E-state index in [4.69, 9.17) is 9.72 Å². The summed E-state index contributed by atoms with van der Waals surface area (Å²) < 4.78 is 6.76. The summed E-state index contributed by atoms with van der Waals surface area (Å²) in [7, 11) is 0. The van der Waals surface area contributed by atoms with E-state index in [-0.39, 0.29) is 5.91 Å². The lowest BCUT2D eigenvalue weighted by Gasteiger charge is -2.59. The highest BCUT2D eigenvalue weighted by atomic mass is 32.1. The molecule has 3 heterocycles. The predicted octanol–water partition coefficient (Wildman–Crippen LogP) is 3.71. The maximum Gasteiger partial charge on any atom is 0.223 e. The minimum absolute atomic E-state index is 0.0523. The molecule has 4 atom stereocenters. The first kappa shape index (κ1) is 17.4. The highest BCUT2D eigenvalue weighted by Crippen LogP contribution is 2.56. The van der Waals surface area contributed by atoms with Gasteiger partial charge < -0.3 is 10.1 Å². The van der Waals surface area contributed by atoms with Gasteiger partial charge in [0.15, 0.2) is 5.13 Å². The number of amides is 1. The normalized spacial score (nSPS) is 34.0. The molecule has 5 nitrogen and oxygen atoms in total. The zero-order chi connectivity index (χ0) is 18.9. The predicted molar refractivity (Wildman–Crippen MR) is 111 cm³/mol. The standard InChI is InChI=1S/C22H27N3O2S/c1-13(26)23-21-24-18-10-17-14(9-20(18)28-21)8-19-16-4-2-3-5-22(16,17)6-7-25(19)11-15-12-27-15/h9-10,15-16,19H,2-8,11-12H2,1H3,(H,23,24,26)/t15?,16-,19+,22+/m0/s1. The highest BCUT2D eigenvalue weighted by molar-refractivity contribution is 7.22. The molecule has 2 saturated heterocycles. The van der Waals surface area contributed by atoms with Crippen LogP contribution in [0.15, 0.2) is 12.1 Å². The van der Waals surface area contributed by atoms with Gasteiger partial charge in [0.05, 0.1) is 22.9 Å². The average molecular weight is 398 g/mol. The number of hydrogen-bond acceptors (Lipinski definition) is 5. The van der Waals surface area contributed by atoms with Crippen molar-refractivity contribution < 1.29 is 9.53 Å². The van der Waals surface area contributed by atoms with E-state index in [9.17, 15) is 4.79 Å². The summed E-state index contributed by atoms with van der Waals surface area (Å²) in [5.41, 5.74) is 4.49. The molecular formula is C22H27N3O2S. The SMILES string of the molecule is CC(=O)Nc1nc2cc3c(cc2s1)C[C@@H]1[C@@H]2CCCC[C@]32CCN1CC1CO1. The molecule has 1 amide bonds. The third-order valence-electron chi connectivity index (χ3n) is 7.58. The van der Waals surface area contributed by atoms with Crippen LogP contribution in [0.1, 0.15) is 50.2 Å². The molecule has 1 N–H and O–H groups in total. The van der Waals surface area contributed by atoms with Gasteiger partial charge in [-0.15, -0.1) is 0 Å². The number of epoxide rings is 1. The largest absolute Gasteiger partial charge is 0.372 e. The maximum atomic E-state index is 11.5. The van der Waals surface area contributed by atoms with Crippen LogP contribution in [-0.4, -0.2) is 47.6 Å². The number of likely N-dealkylation sites (tertiary alicyclic amines) is 1. The van der Waals surface area contributed by atoms with Crippen LogP contribution in [-0.2, 0) is 21.4 Å². The van der Waals surface area contributed by atoms with Crippen molar-refractivity contribution in [2.45, 2.75) is 63.0 Å². The smallest absolute Gasteiger partial charge is 0.223 e. The molecule has 0 radical (unpaired) electrons. The third kappa shape index (κ3) is 2.65. The Hall–Kier alpha value is -1.50. The van der Waals surface area contributed by atoms with E-state index in [0.717, 1.165) is 36.1 Å². The molecule has 1 aromatic heterocycles. The summed E-state index contributed by atoms with van der Waals surface area (Å²) in [6.07, 6.45) is 8.29. The van der Waals surface area contributed by atoms with Crippen LogP contribution >= 0.6 is 11.3 Å². The number of thiazole rings is 1. The first-order valence-electron chi connectivity index (χ1n) is 10.7. The first-order valence-corrected chi connectivity index (χ1v) is 11.5. The second kappa shape index (κ2) is 6.25. The lowest BCUT2D eigenvalue weighted by Crippen LogP contribution is -2.61. The van der Waals surface area contributed by atoms with Crippen LogP contribution < -0.4 is 5.32 Å². The summed E-state index contributed by atoms with van der Waals surface area (Å²) >= 11 is 1.60. The van der Waals surface area contributed by atoms with Crippen molar-refractivity contribution in [3.63, 3.8) is 0 Å². The van der Waals surface area contributed by atoms with E-state index in [1.807, 2.05) is 0 Å². The van der Waals surface area contributed by atoms with Crippen LogP contribution in [0.4, 0.5) is 5.13 Å². The Morgan fingerprint density at radius 1 is 1.39 bits per heavy atom. The van der Waals surface area contributed by atoms with Crippen molar-refractivity contribution in [1.82, 2.24) is 9.88 Å². The lowest BCUT2D eigenvalue weighted by atomic mass is 9.52. The Morgan fingerprint density at radius 3 is 3.11 bits per heavy atom. The number of rotatable bonds is 3. The van der Waals surface area contributed by atoms with Crippen LogP contribution in [0, 0.1) is 5.92 Å². The molecule has 2 aromatic rings. The summed E-state index contributed by atoms with van der Waals surface area (Å²) in [5, 5.41) is 3.59. The number of anilines is 1. The van der Waals surface area contributed by atoms with E-state index in [0.29, 0.717) is 17.6 Å². The molecule has 1 saturated carbocycles. The number of nitrogens with one attached hydrogen (secondary N) is 1. The zero-order valence-corrected chi connectivity index (χ0v) is 17.2. The first-order chi connectivity index (χ1) is 13.6. The fourth-order valence-corrected chi connectivity index (χ4v) is 7.34. The Balaban J connectivity index is 1.44. The van der Waals surface area contributed by atoms with Crippen molar-refractivity contribution >= 4 is 32.6 Å². The summed E-state index contributed by atoms with van der Waals surface area (Å²) in [5.74, 6) is 0.718. The summed E-state index contributed by atoms with van der Waals surface area (Å²) in [6.45, 7) is 4.81. The monoisotopic (exact) mass is 397 g/mol. The Bertz CT molecular complexity index is 953. The fraction of sp³-hybridized carbons (Fsp3) is 0.636. The molecule has 6 heteroatoms. The number of nitrogens with zero attached hydrogens (tertiary/aromatic N) is 2. The molecule has 0 spiro atoms. The van der Waals surface area contributed by atoms with E-state index < -0.39 is 0 Å². The van der Waals surface area contributed by atoms with Crippen molar-refractivity contribution in [1.29, 1.82) is 0 Å². The van der Waals surface area contributed by atoms with E-state index in [2.05, 4.69) is 22.3 Å². The zero-order valence-electron chi connectivity index (χ0n) is 16.4. The van der Waals surface area contributed by atoms with Gasteiger partial charge in [0.1, 0.15) is 0 Å². The maximum absolute atomic E-state index is 11.5. The van der Waals surface area contributed by atoms with Crippen molar-refractivity contribution in [2.24, 2.45) is 5.92 Å². The fourth-order valence-electron chi connectivity index (χ4n) is 6.38. The Morgan fingerprint density at radius 2 is 2.29 bits per heavy atom. The van der Waals surface area contributed by atoms with Gasteiger partial charge in [-0.3, -0.25) is 9.69 Å². The Kier molecular flexibility index (Phi) is 3.87. The topological polar surface area (TPSA) is 57.8 Å². The third-order valence-corrected chi connectivity index (χ3v) is 8.51. The molecule has 6 rings (SSSR count). The molecule has 28 heavy (non-hydrogen) atoms. The number of benzene rings is 1. The number of carbonyl (C=O) groups excluding carboxylic acids is 1. The van der Waals surface area contributed by atoms with Gasteiger partial charge in [0.25, 0.3) is 0 Å². The molecule has 2 aliphatic heterocycles. The van der Waals surface area contributed by atoms with E-state index >= 15 is 0 Å². The molecular weight excluding hydrogens is 370 g/mol. The average Bonchev–Trinajstić information content (AvgIpc) is 3.40. The minimum Gasteiger partial charge on any atom is -0.372 e. The van der Waals surface area contributed by atoms with Crippen molar-refractivity contribution in [3.05, 3.63) is 23.3 Å². The quantitative estimate of drug-likeness (QED) is 0.802. The van der Waals surface area contributed by atoms with E-state index in [1.165, 1.54) is 48.9 Å². The molecule has 2 bridgehead atoms. The molecule has 1 unspecified atom stereocenters. The van der Waals surface area contributed by atoms with Gasteiger partial charge in [-0.2, -0.15) is 0 Å². The summed E-state index contributed by atoms with van der Waals surface area (Å²) in [4.78, 5) is 18.9. The van der Waals surface area contributed by atoms with Gasteiger partial charge in [-0.1, -0.05) is 24.2 Å². The molecule has 4 aliphatic rings. The van der Waals surface area contributed by atoms with Gasteiger partial charge in [0, 0.05) is 24.9 Å². The molecule has 148 valence electrons. The summed E-state index contributed by atoms with van der Waals surface area (Å²) in [6, 6.07) is 5.41. The van der Waals surface area contributed by atoms with E-state index in [1.54, 1.807) is 23.8 Å². The molecule has 3 fully saturated rings.